The Morgan fingerprint density at radius 2 is 1.68 bits per heavy atom. The number of aromatic amines is 1. The number of aromatic nitrogens is 1. The molecule has 1 fully saturated rings. The highest BCUT2D eigenvalue weighted by atomic mass is 35.5. The predicted octanol–water partition coefficient (Wildman–Crippen LogP) is 5.04. The predicted molar refractivity (Wildman–Crippen MR) is 132 cm³/mol. The van der Waals surface area contributed by atoms with Crippen molar-refractivity contribution in [1.82, 2.24) is 10.3 Å². The quantitative estimate of drug-likeness (QED) is 0.387. The van der Waals surface area contributed by atoms with Gasteiger partial charge in [0.05, 0.1) is 5.69 Å². The number of hydrogen-bond acceptors (Lipinski definition) is 3. The molecule has 1 unspecified atom stereocenters. The molecule has 4 aromatic rings. The Hall–Kier alpha value is -3.90. The Morgan fingerprint density at radius 1 is 0.941 bits per heavy atom. The van der Waals surface area contributed by atoms with Crippen molar-refractivity contribution >= 4 is 45.9 Å². The first kappa shape index (κ1) is 21.9. The number of anilines is 1. The molecule has 34 heavy (non-hydrogen) atoms. The van der Waals surface area contributed by atoms with Gasteiger partial charge in [-0.2, -0.15) is 0 Å². The van der Waals surface area contributed by atoms with Gasteiger partial charge in [0.1, 0.15) is 0 Å². The lowest BCUT2D eigenvalue weighted by atomic mass is 9.90. The van der Waals surface area contributed by atoms with Crippen molar-refractivity contribution in [2.75, 3.05) is 11.4 Å². The number of H-pyrrole nitrogens is 1. The van der Waals surface area contributed by atoms with Crippen LogP contribution < -0.4 is 10.2 Å². The molecular weight excluding hydrogens is 450 g/mol. The van der Waals surface area contributed by atoms with Crippen molar-refractivity contribution < 1.29 is 14.4 Å². The number of benzene rings is 3. The number of carbonyl (C=O) groups is 3. The summed E-state index contributed by atoms with van der Waals surface area (Å²) in [5, 5.41) is 4.71. The second-order valence-corrected chi connectivity index (χ2v) is 8.65. The highest BCUT2D eigenvalue weighted by Gasteiger charge is 2.30. The molecule has 0 spiro atoms. The summed E-state index contributed by atoms with van der Waals surface area (Å²) in [7, 11) is 0. The molecule has 3 aromatic carbocycles. The molecule has 1 aromatic heterocycles. The van der Waals surface area contributed by atoms with Crippen LogP contribution in [0.25, 0.3) is 10.9 Å². The summed E-state index contributed by atoms with van der Waals surface area (Å²) in [5.74, 6) is -0.974. The highest BCUT2D eigenvalue weighted by Crippen LogP contribution is 2.34. The van der Waals surface area contributed by atoms with Crippen LogP contribution in [-0.4, -0.2) is 29.3 Å². The number of fused-ring (bicyclic) bond motifs is 1. The summed E-state index contributed by atoms with van der Waals surface area (Å²) < 4.78 is 0. The van der Waals surface area contributed by atoms with Gasteiger partial charge in [0, 0.05) is 53.0 Å². The van der Waals surface area contributed by atoms with E-state index in [1.165, 1.54) is 0 Å². The van der Waals surface area contributed by atoms with Crippen molar-refractivity contribution in [2.45, 2.75) is 18.8 Å². The van der Waals surface area contributed by atoms with Gasteiger partial charge in [0.2, 0.25) is 11.8 Å². The third-order valence-electron chi connectivity index (χ3n) is 6.16. The molecule has 0 saturated carbocycles. The number of halogens is 1. The number of hydrogen-bond donors (Lipinski definition) is 2. The Balaban J connectivity index is 1.43. The van der Waals surface area contributed by atoms with Gasteiger partial charge in [0.25, 0.3) is 5.91 Å². The number of para-hydroxylation sites is 1. The van der Waals surface area contributed by atoms with E-state index in [2.05, 4.69) is 10.3 Å². The number of nitrogens with one attached hydrogen (secondary N) is 2. The van der Waals surface area contributed by atoms with Crippen molar-refractivity contribution in [1.29, 1.82) is 0 Å². The minimum Gasteiger partial charge on any atom is -0.361 e. The molecule has 5 rings (SSSR count). The molecule has 1 aliphatic rings. The number of nitrogens with zero attached hydrogens (tertiary/aromatic N) is 1. The van der Waals surface area contributed by atoms with Crippen molar-refractivity contribution in [3.05, 3.63) is 101 Å². The summed E-state index contributed by atoms with van der Waals surface area (Å²) >= 11 is 6.55. The van der Waals surface area contributed by atoms with Gasteiger partial charge in [-0.25, -0.2) is 0 Å². The zero-order chi connectivity index (χ0) is 23.7. The minimum absolute atomic E-state index is 0.182. The Labute approximate surface area is 201 Å². The highest BCUT2D eigenvalue weighted by molar-refractivity contribution is 6.31. The van der Waals surface area contributed by atoms with Gasteiger partial charge in [-0.3, -0.25) is 19.3 Å². The first-order valence-electron chi connectivity index (χ1n) is 11.1. The molecule has 0 bridgehead atoms. The van der Waals surface area contributed by atoms with Crippen molar-refractivity contribution in [3.8, 4) is 0 Å². The topological polar surface area (TPSA) is 82.3 Å². The van der Waals surface area contributed by atoms with E-state index in [-0.39, 0.29) is 36.5 Å². The summed E-state index contributed by atoms with van der Waals surface area (Å²) in [5.41, 5.74) is 3.75. The normalized spacial score (nSPS) is 14.6. The maximum absolute atomic E-state index is 13.1. The van der Waals surface area contributed by atoms with Gasteiger partial charge in [-0.05, 0) is 41.5 Å². The van der Waals surface area contributed by atoms with E-state index in [9.17, 15) is 14.4 Å². The monoisotopic (exact) mass is 471 g/mol. The number of carbonyl (C=O) groups excluding carboxylic acids is 3. The van der Waals surface area contributed by atoms with Gasteiger partial charge < -0.3 is 10.3 Å². The molecule has 1 aliphatic heterocycles. The number of amides is 3. The molecule has 2 N–H and O–H groups in total. The molecule has 3 amide bonds. The third kappa shape index (κ3) is 4.08. The summed E-state index contributed by atoms with van der Waals surface area (Å²) in [6, 6.07) is 22.2. The average molecular weight is 472 g/mol. The Morgan fingerprint density at radius 3 is 2.47 bits per heavy atom. The van der Waals surface area contributed by atoms with E-state index < -0.39 is 0 Å². The number of rotatable bonds is 6. The molecule has 0 radical (unpaired) electrons. The second kappa shape index (κ2) is 9.15. The zero-order valence-corrected chi connectivity index (χ0v) is 19.0. The van der Waals surface area contributed by atoms with Crippen molar-refractivity contribution in [2.24, 2.45) is 0 Å². The number of imide groups is 1. The molecular formula is C27H22ClN3O3. The zero-order valence-electron chi connectivity index (χ0n) is 18.3. The van der Waals surface area contributed by atoms with Gasteiger partial charge >= 0.3 is 0 Å². The molecule has 6 nitrogen and oxygen atoms in total. The molecule has 0 aliphatic carbocycles. The van der Waals surface area contributed by atoms with Crippen LogP contribution in [0.2, 0.25) is 5.02 Å². The maximum atomic E-state index is 13.1. The lowest BCUT2D eigenvalue weighted by molar-refractivity contribution is -0.121. The van der Waals surface area contributed by atoms with E-state index >= 15 is 0 Å². The summed E-state index contributed by atoms with van der Waals surface area (Å²) in [4.78, 5) is 41.7. The Kier molecular flexibility index (Phi) is 5.90. The van der Waals surface area contributed by atoms with Gasteiger partial charge in [0.15, 0.2) is 0 Å². The van der Waals surface area contributed by atoms with Crippen LogP contribution in [-0.2, 0) is 9.59 Å². The molecule has 1 atom stereocenters. The van der Waals surface area contributed by atoms with E-state index in [0.717, 1.165) is 26.9 Å². The van der Waals surface area contributed by atoms with Crippen LogP contribution >= 0.6 is 11.6 Å². The fourth-order valence-electron chi connectivity index (χ4n) is 4.48. The van der Waals surface area contributed by atoms with E-state index in [1.807, 2.05) is 54.7 Å². The SMILES string of the molecule is O=C(NCC(c1ccccc1Cl)c1c[nH]c2ccccc12)c1cccc(N2C(=O)CCC2=O)c1. The van der Waals surface area contributed by atoms with Crippen LogP contribution in [0.3, 0.4) is 0 Å². The lowest BCUT2D eigenvalue weighted by Gasteiger charge is -2.20. The standard InChI is InChI=1S/C27H22ClN3O3/c28-23-10-3-1-8-19(23)21(22-15-29-24-11-4-2-9-20(22)24)16-30-27(34)17-6-5-7-18(14-17)31-25(32)12-13-26(31)33/h1-11,14-15,21,29H,12-13,16H2,(H,30,34). The second-order valence-electron chi connectivity index (χ2n) is 8.25. The largest absolute Gasteiger partial charge is 0.361 e. The Bertz CT molecular complexity index is 1400. The smallest absolute Gasteiger partial charge is 0.251 e. The maximum Gasteiger partial charge on any atom is 0.251 e. The van der Waals surface area contributed by atoms with Crippen LogP contribution in [0.4, 0.5) is 5.69 Å². The van der Waals surface area contributed by atoms with Gasteiger partial charge in [-0.1, -0.05) is 54.1 Å². The van der Waals surface area contributed by atoms with Gasteiger partial charge in [-0.15, -0.1) is 0 Å². The fraction of sp³-hybridized carbons (Fsp3) is 0.148. The van der Waals surface area contributed by atoms with E-state index in [1.54, 1.807) is 24.3 Å². The fourth-order valence-corrected chi connectivity index (χ4v) is 4.74. The lowest BCUT2D eigenvalue weighted by Crippen LogP contribution is -2.30. The minimum atomic E-state index is -0.294. The van der Waals surface area contributed by atoms with Crippen LogP contribution in [0.5, 0.6) is 0 Å². The van der Waals surface area contributed by atoms with E-state index in [0.29, 0.717) is 22.8 Å². The first-order valence-corrected chi connectivity index (χ1v) is 11.4. The molecule has 7 heteroatoms. The molecule has 2 heterocycles. The molecule has 170 valence electrons. The van der Waals surface area contributed by atoms with Crippen molar-refractivity contribution in [3.63, 3.8) is 0 Å². The average Bonchev–Trinajstić information content (AvgIpc) is 3.43. The molecule has 1 saturated heterocycles. The van der Waals surface area contributed by atoms with E-state index in [4.69, 9.17) is 11.6 Å². The summed E-state index contributed by atoms with van der Waals surface area (Å²) in [6.45, 7) is 0.316. The van der Waals surface area contributed by atoms with Crippen LogP contribution in [0.1, 0.15) is 40.2 Å². The summed E-state index contributed by atoms with van der Waals surface area (Å²) in [6.07, 6.45) is 2.34. The first-order chi connectivity index (χ1) is 16.5. The third-order valence-corrected chi connectivity index (χ3v) is 6.51. The van der Waals surface area contributed by atoms with Crippen LogP contribution in [0, 0.1) is 0 Å². The van der Waals surface area contributed by atoms with Crippen LogP contribution in [0.15, 0.2) is 79.0 Å².